The number of aliphatic hydroxyl groups is 1. The molecular formula is C28H37N3O5S. The Morgan fingerprint density at radius 2 is 1.68 bits per heavy atom. The van der Waals surface area contributed by atoms with Gasteiger partial charge in [-0.2, -0.15) is 0 Å². The standard InChI is InChI=1S/C28H37N3O5S/c1-27(2,3)30-25(34)24-28(4,5)37-18-31(24)26(35)23(33)21(16-19-12-8-6-9-13-19)29-22(32)17-36-20-14-10-7-11-15-20/h6-15,21,23-24,33H,16-18H2,1-5H3,(H,29,32)(H,30,34)/t21-,23-,24+/m0/s1. The number of rotatable bonds is 9. The van der Waals surface area contributed by atoms with Gasteiger partial charge in [-0.1, -0.05) is 48.5 Å². The number of nitrogens with one attached hydrogen (secondary N) is 2. The van der Waals surface area contributed by atoms with Crippen LogP contribution in [0.5, 0.6) is 5.75 Å². The number of hydrogen-bond acceptors (Lipinski definition) is 6. The first kappa shape index (κ1) is 28.5. The fraction of sp³-hybridized carbons (Fsp3) is 0.464. The quantitative estimate of drug-likeness (QED) is 0.463. The summed E-state index contributed by atoms with van der Waals surface area (Å²) in [5, 5.41) is 17.0. The third-order valence-electron chi connectivity index (χ3n) is 5.97. The van der Waals surface area contributed by atoms with Crippen molar-refractivity contribution in [2.24, 2.45) is 0 Å². The van der Waals surface area contributed by atoms with Gasteiger partial charge >= 0.3 is 0 Å². The van der Waals surface area contributed by atoms with Gasteiger partial charge in [0, 0.05) is 10.3 Å². The van der Waals surface area contributed by atoms with Crippen LogP contribution in [0.3, 0.4) is 0 Å². The number of ether oxygens (including phenoxy) is 1. The normalized spacial score (nSPS) is 18.5. The van der Waals surface area contributed by atoms with Crippen LogP contribution in [-0.4, -0.2) is 68.7 Å². The highest BCUT2D eigenvalue weighted by atomic mass is 32.2. The molecule has 1 heterocycles. The lowest BCUT2D eigenvalue weighted by Gasteiger charge is -2.35. The number of aliphatic hydroxyl groups excluding tert-OH is 1. The van der Waals surface area contributed by atoms with Crippen LogP contribution in [0.2, 0.25) is 0 Å². The van der Waals surface area contributed by atoms with Crippen molar-refractivity contribution in [2.75, 3.05) is 12.5 Å². The molecule has 0 radical (unpaired) electrons. The zero-order valence-electron chi connectivity index (χ0n) is 22.1. The number of para-hydroxylation sites is 1. The van der Waals surface area contributed by atoms with E-state index in [1.165, 1.54) is 16.7 Å². The number of carbonyl (C=O) groups excluding carboxylic acids is 3. The Morgan fingerprint density at radius 1 is 1.08 bits per heavy atom. The molecule has 0 spiro atoms. The van der Waals surface area contributed by atoms with Crippen molar-refractivity contribution in [2.45, 2.75) is 69.5 Å². The van der Waals surface area contributed by atoms with Crippen LogP contribution in [-0.2, 0) is 20.8 Å². The fourth-order valence-corrected chi connectivity index (χ4v) is 5.36. The smallest absolute Gasteiger partial charge is 0.258 e. The maximum absolute atomic E-state index is 13.6. The molecule has 37 heavy (non-hydrogen) atoms. The van der Waals surface area contributed by atoms with Crippen LogP contribution < -0.4 is 15.4 Å². The van der Waals surface area contributed by atoms with Crippen molar-refractivity contribution >= 4 is 29.5 Å². The molecule has 2 aromatic carbocycles. The molecule has 0 saturated carbocycles. The van der Waals surface area contributed by atoms with Crippen molar-refractivity contribution in [1.82, 2.24) is 15.5 Å². The molecule has 3 N–H and O–H groups in total. The maximum atomic E-state index is 13.6. The molecule has 1 aliphatic heterocycles. The number of hydrogen-bond donors (Lipinski definition) is 3. The van der Waals surface area contributed by atoms with Gasteiger partial charge < -0.3 is 25.4 Å². The third kappa shape index (κ3) is 7.97. The Balaban J connectivity index is 1.77. The van der Waals surface area contributed by atoms with Crippen molar-refractivity contribution in [3.8, 4) is 5.75 Å². The second kappa shape index (κ2) is 12.0. The lowest BCUT2D eigenvalue weighted by molar-refractivity contribution is -0.148. The van der Waals surface area contributed by atoms with Crippen LogP contribution in [0, 0.1) is 0 Å². The van der Waals surface area contributed by atoms with Crippen LogP contribution in [0.15, 0.2) is 60.7 Å². The number of thioether (sulfide) groups is 1. The minimum Gasteiger partial charge on any atom is -0.484 e. The zero-order valence-corrected chi connectivity index (χ0v) is 22.9. The summed E-state index contributed by atoms with van der Waals surface area (Å²) < 4.78 is 4.99. The highest BCUT2D eigenvalue weighted by Gasteiger charge is 2.50. The van der Waals surface area contributed by atoms with Gasteiger partial charge in [0.2, 0.25) is 5.91 Å². The highest BCUT2D eigenvalue weighted by Crippen LogP contribution is 2.40. The number of nitrogens with zero attached hydrogens (tertiary/aromatic N) is 1. The molecule has 0 aliphatic carbocycles. The maximum Gasteiger partial charge on any atom is 0.258 e. The van der Waals surface area contributed by atoms with E-state index in [2.05, 4.69) is 10.6 Å². The Bertz CT molecular complexity index is 1070. The van der Waals surface area contributed by atoms with E-state index in [4.69, 9.17) is 4.74 Å². The van der Waals surface area contributed by atoms with Crippen molar-refractivity contribution in [3.05, 3.63) is 66.2 Å². The summed E-state index contributed by atoms with van der Waals surface area (Å²) in [5.41, 5.74) is 0.373. The first-order chi connectivity index (χ1) is 17.4. The number of carbonyl (C=O) groups is 3. The van der Waals surface area contributed by atoms with E-state index in [0.29, 0.717) is 5.75 Å². The molecule has 0 bridgehead atoms. The first-order valence-corrected chi connectivity index (χ1v) is 13.3. The molecular weight excluding hydrogens is 490 g/mol. The van der Waals surface area contributed by atoms with E-state index in [9.17, 15) is 19.5 Å². The summed E-state index contributed by atoms with van der Waals surface area (Å²) in [6.07, 6.45) is -1.33. The fourth-order valence-electron chi connectivity index (χ4n) is 4.22. The summed E-state index contributed by atoms with van der Waals surface area (Å²) in [7, 11) is 0. The minimum absolute atomic E-state index is 0.230. The van der Waals surface area contributed by atoms with E-state index in [1.54, 1.807) is 24.3 Å². The molecule has 1 saturated heterocycles. The van der Waals surface area contributed by atoms with Gasteiger partial charge in [-0.3, -0.25) is 14.4 Å². The molecule has 1 aliphatic rings. The zero-order chi connectivity index (χ0) is 27.2. The van der Waals surface area contributed by atoms with Gasteiger partial charge in [-0.25, -0.2) is 0 Å². The molecule has 9 heteroatoms. The van der Waals surface area contributed by atoms with Crippen LogP contribution in [0.25, 0.3) is 0 Å². The first-order valence-electron chi connectivity index (χ1n) is 12.3. The minimum atomic E-state index is -1.56. The largest absolute Gasteiger partial charge is 0.484 e. The average Bonchev–Trinajstić information content (AvgIpc) is 3.16. The molecule has 2 aromatic rings. The van der Waals surface area contributed by atoms with Gasteiger partial charge in [0.25, 0.3) is 11.8 Å². The van der Waals surface area contributed by atoms with Crippen molar-refractivity contribution in [3.63, 3.8) is 0 Å². The summed E-state index contributed by atoms with van der Waals surface area (Å²) in [5.74, 6) is -0.540. The van der Waals surface area contributed by atoms with E-state index >= 15 is 0 Å². The van der Waals surface area contributed by atoms with Gasteiger partial charge in [0.15, 0.2) is 12.7 Å². The molecule has 3 amide bonds. The molecule has 8 nitrogen and oxygen atoms in total. The van der Waals surface area contributed by atoms with Crippen LogP contribution in [0.4, 0.5) is 0 Å². The van der Waals surface area contributed by atoms with Gasteiger partial charge in [-0.05, 0) is 58.7 Å². The Morgan fingerprint density at radius 3 is 2.27 bits per heavy atom. The molecule has 0 unspecified atom stereocenters. The molecule has 3 rings (SSSR count). The SMILES string of the molecule is CC(C)(C)NC(=O)[C@H]1N(C(=O)[C@@H](O)[C@H](Cc2ccccc2)NC(=O)COc2ccccc2)CSC1(C)C. The van der Waals surface area contributed by atoms with E-state index in [1.807, 2.05) is 71.0 Å². The Labute approximate surface area is 223 Å². The summed E-state index contributed by atoms with van der Waals surface area (Å²) in [6.45, 7) is 9.19. The number of amides is 3. The summed E-state index contributed by atoms with van der Waals surface area (Å²) in [4.78, 5) is 41.0. The summed E-state index contributed by atoms with van der Waals surface area (Å²) >= 11 is 1.48. The molecule has 1 fully saturated rings. The van der Waals surface area contributed by atoms with Gasteiger partial charge in [0.05, 0.1) is 11.9 Å². The van der Waals surface area contributed by atoms with Gasteiger partial charge in [-0.15, -0.1) is 11.8 Å². The Hall–Kier alpha value is -3.04. The van der Waals surface area contributed by atoms with Crippen LogP contribution in [0.1, 0.15) is 40.2 Å². The lowest BCUT2D eigenvalue weighted by Crippen LogP contribution is -2.60. The molecule has 0 aromatic heterocycles. The average molecular weight is 528 g/mol. The van der Waals surface area contributed by atoms with Crippen LogP contribution >= 0.6 is 11.8 Å². The van der Waals surface area contributed by atoms with E-state index < -0.39 is 40.3 Å². The van der Waals surface area contributed by atoms with Crippen molar-refractivity contribution in [1.29, 1.82) is 0 Å². The third-order valence-corrected chi connectivity index (χ3v) is 7.34. The van der Waals surface area contributed by atoms with E-state index in [-0.39, 0.29) is 24.8 Å². The molecule has 200 valence electrons. The predicted octanol–water partition coefficient (Wildman–Crippen LogP) is 2.75. The topological polar surface area (TPSA) is 108 Å². The highest BCUT2D eigenvalue weighted by molar-refractivity contribution is 8.00. The van der Waals surface area contributed by atoms with E-state index in [0.717, 1.165) is 5.56 Å². The van der Waals surface area contributed by atoms with Crippen molar-refractivity contribution < 1.29 is 24.2 Å². The predicted molar refractivity (Wildman–Crippen MR) is 145 cm³/mol. The monoisotopic (exact) mass is 527 g/mol. The number of benzene rings is 2. The Kier molecular flexibility index (Phi) is 9.26. The second-order valence-corrected chi connectivity index (χ2v) is 12.3. The summed E-state index contributed by atoms with van der Waals surface area (Å²) in [6, 6.07) is 16.6. The van der Waals surface area contributed by atoms with Gasteiger partial charge in [0.1, 0.15) is 11.8 Å². The second-order valence-electron chi connectivity index (χ2n) is 10.7. The lowest BCUT2D eigenvalue weighted by atomic mass is 9.96. The molecule has 3 atom stereocenters.